The Labute approximate surface area is 147 Å². The molecule has 0 saturated heterocycles. The predicted molar refractivity (Wildman–Crippen MR) is 97.8 cm³/mol. The molecule has 1 unspecified atom stereocenters. The van der Waals surface area contributed by atoms with Crippen LogP contribution in [0.4, 0.5) is 0 Å². The minimum Gasteiger partial charge on any atom is -0.469 e. The normalized spacial score (nSPS) is 11.7. The predicted octanol–water partition coefficient (Wildman–Crippen LogP) is 4.57. The van der Waals surface area contributed by atoms with E-state index in [1.165, 1.54) is 18.9 Å². The summed E-state index contributed by atoms with van der Waals surface area (Å²) in [5.74, 6) is 0.459. The van der Waals surface area contributed by atoms with Crippen LogP contribution in [-0.2, 0) is 20.1 Å². The van der Waals surface area contributed by atoms with E-state index < -0.39 is 0 Å². The van der Waals surface area contributed by atoms with Crippen LogP contribution in [0.2, 0.25) is 0 Å². The fourth-order valence-corrected chi connectivity index (χ4v) is 3.28. The van der Waals surface area contributed by atoms with Gasteiger partial charge in [-0.2, -0.15) is 0 Å². The standard InChI is InChI=1S/C20H22O3S/c1-23-19(21)14-18(17-10-6-3-7-11-17)12-13-20(22)24-15-16-8-4-2-5-9-16/h2-11,18H,12-15H2,1H3. The van der Waals surface area contributed by atoms with Crippen molar-refractivity contribution >= 4 is 22.8 Å². The molecule has 0 aliphatic heterocycles. The molecule has 126 valence electrons. The van der Waals surface area contributed by atoms with E-state index in [4.69, 9.17) is 4.74 Å². The van der Waals surface area contributed by atoms with Crippen LogP contribution in [0.25, 0.3) is 0 Å². The van der Waals surface area contributed by atoms with Gasteiger partial charge in [-0.15, -0.1) is 0 Å². The number of methoxy groups -OCH3 is 1. The zero-order chi connectivity index (χ0) is 17.2. The summed E-state index contributed by atoms with van der Waals surface area (Å²) in [6.07, 6.45) is 1.41. The molecule has 0 spiro atoms. The molecule has 0 aliphatic rings. The number of esters is 1. The summed E-state index contributed by atoms with van der Waals surface area (Å²) in [4.78, 5) is 23.8. The van der Waals surface area contributed by atoms with Gasteiger partial charge in [0.05, 0.1) is 13.5 Å². The lowest BCUT2D eigenvalue weighted by molar-refractivity contribution is -0.141. The molecule has 2 rings (SSSR count). The number of carbonyl (C=O) groups is 2. The summed E-state index contributed by atoms with van der Waals surface area (Å²) in [7, 11) is 1.39. The molecule has 2 aromatic rings. The van der Waals surface area contributed by atoms with Crippen molar-refractivity contribution in [2.45, 2.75) is 30.9 Å². The maximum Gasteiger partial charge on any atom is 0.306 e. The number of hydrogen-bond donors (Lipinski definition) is 0. The Morgan fingerprint density at radius 1 is 1.00 bits per heavy atom. The Balaban J connectivity index is 1.87. The monoisotopic (exact) mass is 342 g/mol. The molecule has 0 bridgehead atoms. The average Bonchev–Trinajstić information content (AvgIpc) is 2.64. The Hall–Kier alpha value is -2.07. The van der Waals surface area contributed by atoms with Crippen LogP contribution >= 0.6 is 11.8 Å². The Morgan fingerprint density at radius 3 is 2.25 bits per heavy atom. The van der Waals surface area contributed by atoms with Crippen LogP contribution in [0.3, 0.4) is 0 Å². The van der Waals surface area contributed by atoms with Gasteiger partial charge >= 0.3 is 5.97 Å². The van der Waals surface area contributed by atoms with Gasteiger partial charge in [0, 0.05) is 12.2 Å². The molecule has 0 amide bonds. The Bertz CT molecular complexity index is 640. The first-order valence-corrected chi connectivity index (χ1v) is 8.99. The molecule has 0 aromatic heterocycles. The molecule has 0 radical (unpaired) electrons. The smallest absolute Gasteiger partial charge is 0.306 e. The number of rotatable bonds is 8. The van der Waals surface area contributed by atoms with Gasteiger partial charge in [-0.3, -0.25) is 9.59 Å². The first-order chi connectivity index (χ1) is 11.7. The van der Waals surface area contributed by atoms with Crippen molar-refractivity contribution in [3.05, 3.63) is 71.8 Å². The molecule has 2 aromatic carbocycles. The summed E-state index contributed by atoms with van der Waals surface area (Å²) in [6.45, 7) is 0. The second-order valence-electron chi connectivity index (χ2n) is 5.57. The first kappa shape index (κ1) is 18.3. The van der Waals surface area contributed by atoms with E-state index in [9.17, 15) is 9.59 Å². The van der Waals surface area contributed by atoms with E-state index in [-0.39, 0.29) is 17.0 Å². The summed E-state index contributed by atoms with van der Waals surface area (Å²) in [5, 5.41) is 0.157. The number of hydrogen-bond acceptors (Lipinski definition) is 4. The number of carbonyl (C=O) groups excluding carboxylic acids is 2. The molecule has 4 heteroatoms. The highest BCUT2D eigenvalue weighted by molar-refractivity contribution is 8.12. The van der Waals surface area contributed by atoms with Crippen LogP contribution in [0.15, 0.2) is 60.7 Å². The van der Waals surface area contributed by atoms with Crippen LogP contribution in [0.5, 0.6) is 0 Å². The molecule has 1 atom stereocenters. The summed E-state index contributed by atoms with van der Waals surface area (Å²) in [5.41, 5.74) is 2.22. The van der Waals surface area contributed by atoms with Crippen LogP contribution < -0.4 is 0 Å². The summed E-state index contributed by atoms with van der Waals surface area (Å²) >= 11 is 1.34. The minimum absolute atomic E-state index is 0.0138. The number of thioether (sulfide) groups is 1. The van der Waals surface area contributed by atoms with Gasteiger partial charge in [0.25, 0.3) is 0 Å². The van der Waals surface area contributed by atoms with Gasteiger partial charge in [0.1, 0.15) is 0 Å². The average molecular weight is 342 g/mol. The topological polar surface area (TPSA) is 43.4 Å². The van der Waals surface area contributed by atoms with Crippen molar-refractivity contribution in [2.24, 2.45) is 0 Å². The zero-order valence-corrected chi connectivity index (χ0v) is 14.6. The molecular weight excluding hydrogens is 320 g/mol. The van der Waals surface area contributed by atoms with Crippen molar-refractivity contribution in [1.29, 1.82) is 0 Å². The third-order valence-corrected chi connectivity index (χ3v) is 4.86. The molecule has 0 fully saturated rings. The molecular formula is C20H22O3S. The van der Waals surface area contributed by atoms with Crippen LogP contribution in [0.1, 0.15) is 36.3 Å². The van der Waals surface area contributed by atoms with Crippen molar-refractivity contribution in [2.75, 3.05) is 7.11 Å². The number of ether oxygens (including phenoxy) is 1. The van der Waals surface area contributed by atoms with Gasteiger partial charge in [-0.05, 0) is 23.5 Å². The number of benzene rings is 2. The van der Waals surface area contributed by atoms with E-state index in [2.05, 4.69) is 0 Å². The second kappa shape index (κ2) is 9.93. The molecule has 24 heavy (non-hydrogen) atoms. The van der Waals surface area contributed by atoms with Crippen molar-refractivity contribution < 1.29 is 14.3 Å². The fourth-order valence-electron chi connectivity index (χ4n) is 2.50. The second-order valence-corrected chi connectivity index (χ2v) is 6.61. The Kier molecular flexibility index (Phi) is 7.56. The highest BCUT2D eigenvalue weighted by Gasteiger charge is 2.18. The van der Waals surface area contributed by atoms with E-state index >= 15 is 0 Å². The first-order valence-electron chi connectivity index (χ1n) is 8.00. The van der Waals surface area contributed by atoms with Gasteiger partial charge in [-0.1, -0.05) is 72.4 Å². The quantitative estimate of drug-likeness (QED) is 0.659. The van der Waals surface area contributed by atoms with Gasteiger partial charge in [-0.25, -0.2) is 0 Å². The van der Waals surface area contributed by atoms with Gasteiger partial charge < -0.3 is 4.74 Å². The highest BCUT2D eigenvalue weighted by Crippen LogP contribution is 2.27. The third kappa shape index (κ3) is 6.20. The third-order valence-electron chi connectivity index (χ3n) is 3.85. The van der Waals surface area contributed by atoms with Gasteiger partial charge in [0.2, 0.25) is 0 Å². The van der Waals surface area contributed by atoms with E-state index in [1.54, 1.807) is 0 Å². The lowest BCUT2D eigenvalue weighted by Crippen LogP contribution is -2.10. The lowest BCUT2D eigenvalue weighted by atomic mass is 9.91. The van der Waals surface area contributed by atoms with E-state index in [0.29, 0.717) is 25.0 Å². The molecule has 0 saturated carbocycles. The van der Waals surface area contributed by atoms with Crippen molar-refractivity contribution in [3.8, 4) is 0 Å². The van der Waals surface area contributed by atoms with E-state index in [1.807, 2.05) is 60.7 Å². The minimum atomic E-state index is -0.242. The van der Waals surface area contributed by atoms with E-state index in [0.717, 1.165) is 11.1 Å². The van der Waals surface area contributed by atoms with Crippen molar-refractivity contribution in [1.82, 2.24) is 0 Å². The maximum absolute atomic E-state index is 12.2. The van der Waals surface area contributed by atoms with Crippen molar-refractivity contribution in [3.63, 3.8) is 0 Å². The molecule has 3 nitrogen and oxygen atoms in total. The molecule has 0 aliphatic carbocycles. The maximum atomic E-state index is 12.2. The van der Waals surface area contributed by atoms with Crippen LogP contribution in [-0.4, -0.2) is 18.2 Å². The molecule has 0 N–H and O–H groups in total. The SMILES string of the molecule is COC(=O)CC(CCC(=O)SCc1ccccc1)c1ccccc1. The van der Waals surface area contributed by atoms with Gasteiger partial charge in [0.15, 0.2) is 5.12 Å². The largest absolute Gasteiger partial charge is 0.469 e. The Morgan fingerprint density at radius 2 is 1.62 bits per heavy atom. The summed E-state index contributed by atoms with van der Waals surface area (Å²) < 4.78 is 4.79. The fraction of sp³-hybridized carbons (Fsp3) is 0.300. The highest BCUT2D eigenvalue weighted by atomic mass is 32.2. The zero-order valence-electron chi connectivity index (χ0n) is 13.8. The molecule has 0 heterocycles. The van der Waals surface area contributed by atoms with Crippen LogP contribution in [0, 0.1) is 0 Å². The lowest BCUT2D eigenvalue weighted by Gasteiger charge is -2.15. The summed E-state index contributed by atoms with van der Waals surface area (Å²) in [6, 6.07) is 19.8.